The van der Waals surface area contributed by atoms with Gasteiger partial charge < -0.3 is 10.6 Å². The fourth-order valence-electron chi connectivity index (χ4n) is 2.34. The molecule has 0 aliphatic carbocycles. The van der Waals surface area contributed by atoms with E-state index in [0.717, 1.165) is 17.9 Å². The van der Waals surface area contributed by atoms with Crippen molar-refractivity contribution in [3.8, 4) is 0 Å². The standard InChI is InChI=1S/C17H19ClN6S/c1-2-23-12-15(18)16(22-23)9-19-17(25)21-14-8-20-24(11-14)10-13-6-4-3-5-7-13/h3-8,11-12H,2,9-10H2,1H3,(H2,19,21,25). The summed E-state index contributed by atoms with van der Waals surface area (Å²) in [6.07, 6.45) is 5.47. The number of nitrogens with zero attached hydrogens (tertiary/aromatic N) is 4. The van der Waals surface area contributed by atoms with Crippen LogP contribution < -0.4 is 10.6 Å². The maximum atomic E-state index is 6.15. The quantitative estimate of drug-likeness (QED) is 0.648. The monoisotopic (exact) mass is 374 g/mol. The van der Waals surface area contributed by atoms with Gasteiger partial charge in [0.05, 0.1) is 30.0 Å². The number of anilines is 1. The molecule has 2 heterocycles. The Bertz CT molecular complexity index is 842. The molecule has 6 nitrogen and oxygen atoms in total. The molecule has 0 bridgehead atoms. The van der Waals surface area contributed by atoms with Gasteiger partial charge in [-0.15, -0.1) is 0 Å². The van der Waals surface area contributed by atoms with Gasteiger partial charge in [-0.25, -0.2) is 0 Å². The molecular formula is C17H19ClN6S. The molecule has 0 aliphatic rings. The van der Waals surface area contributed by atoms with E-state index in [9.17, 15) is 0 Å². The number of hydrogen-bond donors (Lipinski definition) is 2. The zero-order chi connectivity index (χ0) is 17.6. The van der Waals surface area contributed by atoms with E-state index >= 15 is 0 Å². The predicted octanol–water partition coefficient (Wildman–Crippen LogP) is 3.29. The second kappa shape index (κ2) is 8.13. The van der Waals surface area contributed by atoms with Gasteiger partial charge in [-0.2, -0.15) is 10.2 Å². The first-order valence-corrected chi connectivity index (χ1v) is 8.75. The molecule has 0 saturated heterocycles. The van der Waals surface area contributed by atoms with Crippen LogP contribution in [0.25, 0.3) is 0 Å². The van der Waals surface area contributed by atoms with Crippen molar-refractivity contribution in [1.82, 2.24) is 24.9 Å². The topological polar surface area (TPSA) is 59.7 Å². The molecule has 0 spiro atoms. The Labute approximate surface area is 156 Å². The molecule has 2 N–H and O–H groups in total. The third-order valence-corrected chi connectivity index (χ3v) is 4.17. The summed E-state index contributed by atoms with van der Waals surface area (Å²) in [7, 11) is 0. The molecule has 3 rings (SSSR count). The van der Waals surface area contributed by atoms with Crippen molar-refractivity contribution in [2.75, 3.05) is 5.32 Å². The molecule has 0 atom stereocenters. The minimum atomic E-state index is 0.468. The second-order valence-corrected chi connectivity index (χ2v) is 6.31. The van der Waals surface area contributed by atoms with E-state index < -0.39 is 0 Å². The maximum Gasteiger partial charge on any atom is 0.171 e. The highest BCUT2D eigenvalue weighted by atomic mass is 35.5. The highest BCUT2D eigenvalue weighted by Gasteiger charge is 2.07. The Morgan fingerprint density at radius 3 is 2.72 bits per heavy atom. The summed E-state index contributed by atoms with van der Waals surface area (Å²) >= 11 is 11.5. The molecule has 0 aliphatic heterocycles. The number of thiocarbonyl (C=S) groups is 1. The van der Waals surface area contributed by atoms with Gasteiger partial charge in [-0.05, 0) is 24.7 Å². The Balaban J connectivity index is 1.52. The second-order valence-electron chi connectivity index (χ2n) is 5.50. The minimum absolute atomic E-state index is 0.468. The van der Waals surface area contributed by atoms with Crippen molar-refractivity contribution in [1.29, 1.82) is 0 Å². The van der Waals surface area contributed by atoms with Crippen molar-refractivity contribution >= 4 is 34.6 Å². The molecule has 3 aromatic rings. The lowest BCUT2D eigenvalue weighted by Crippen LogP contribution is -2.28. The van der Waals surface area contributed by atoms with Gasteiger partial charge in [0.1, 0.15) is 5.69 Å². The Kier molecular flexibility index (Phi) is 5.67. The van der Waals surface area contributed by atoms with Gasteiger partial charge in [0.15, 0.2) is 5.11 Å². The van der Waals surface area contributed by atoms with E-state index in [0.29, 0.717) is 23.2 Å². The summed E-state index contributed by atoms with van der Waals surface area (Å²) in [5.74, 6) is 0. The molecule has 0 fully saturated rings. The molecule has 1 aromatic carbocycles. The molecular weight excluding hydrogens is 356 g/mol. The number of halogens is 1. The minimum Gasteiger partial charge on any atom is -0.357 e. The summed E-state index contributed by atoms with van der Waals surface area (Å²) in [5.41, 5.74) is 2.80. The van der Waals surface area contributed by atoms with E-state index in [1.54, 1.807) is 10.9 Å². The number of hydrogen-bond acceptors (Lipinski definition) is 3. The van der Waals surface area contributed by atoms with Crippen LogP contribution in [-0.2, 0) is 19.6 Å². The first-order valence-electron chi connectivity index (χ1n) is 7.97. The Morgan fingerprint density at radius 2 is 2.00 bits per heavy atom. The molecule has 2 aromatic heterocycles. The molecule has 0 saturated carbocycles. The van der Waals surface area contributed by atoms with Crippen molar-refractivity contribution in [3.63, 3.8) is 0 Å². The summed E-state index contributed by atoms with van der Waals surface area (Å²) in [5, 5.41) is 16.1. The van der Waals surface area contributed by atoms with Crippen LogP contribution in [0.2, 0.25) is 5.02 Å². The van der Waals surface area contributed by atoms with Gasteiger partial charge in [-0.3, -0.25) is 9.36 Å². The summed E-state index contributed by atoms with van der Waals surface area (Å²) in [6.45, 7) is 3.98. The predicted molar refractivity (Wildman–Crippen MR) is 104 cm³/mol. The van der Waals surface area contributed by atoms with Crippen LogP contribution in [0.3, 0.4) is 0 Å². The van der Waals surface area contributed by atoms with Crippen molar-refractivity contribution < 1.29 is 0 Å². The first kappa shape index (κ1) is 17.4. The van der Waals surface area contributed by atoms with Gasteiger partial charge in [0, 0.05) is 18.9 Å². The third kappa shape index (κ3) is 4.80. The number of aromatic nitrogens is 4. The molecule has 0 unspecified atom stereocenters. The van der Waals surface area contributed by atoms with Gasteiger partial charge >= 0.3 is 0 Å². The average molecular weight is 375 g/mol. The summed E-state index contributed by atoms with van der Waals surface area (Å²) in [6, 6.07) is 10.2. The lowest BCUT2D eigenvalue weighted by atomic mass is 10.2. The lowest BCUT2D eigenvalue weighted by Gasteiger charge is -2.07. The summed E-state index contributed by atoms with van der Waals surface area (Å²) in [4.78, 5) is 0. The maximum absolute atomic E-state index is 6.15. The third-order valence-electron chi connectivity index (χ3n) is 3.61. The van der Waals surface area contributed by atoms with Crippen molar-refractivity contribution in [3.05, 3.63) is 65.2 Å². The van der Waals surface area contributed by atoms with E-state index in [1.807, 2.05) is 42.2 Å². The van der Waals surface area contributed by atoms with Crippen LogP contribution >= 0.6 is 23.8 Å². The smallest absolute Gasteiger partial charge is 0.171 e. The first-order chi connectivity index (χ1) is 12.1. The van der Waals surface area contributed by atoms with Crippen LogP contribution in [0, 0.1) is 0 Å². The van der Waals surface area contributed by atoms with Crippen LogP contribution in [0.1, 0.15) is 18.2 Å². The zero-order valence-corrected chi connectivity index (χ0v) is 15.4. The highest BCUT2D eigenvalue weighted by molar-refractivity contribution is 7.80. The molecule has 130 valence electrons. The van der Waals surface area contributed by atoms with E-state index in [1.165, 1.54) is 5.56 Å². The number of benzene rings is 1. The van der Waals surface area contributed by atoms with Crippen LogP contribution in [0.15, 0.2) is 48.9 Å². The van der Waals surface area contributed by atoms with Crippen LogP contribution in [0.5, 0.6) is 0 Å². The Morgan fingerprint density at radius 1 is 1.20 bits per heavy atom. The lowest BCUT2D eigenvalue weighted by molar-refractivity contribution is 0.643. The van der Waals surface area contributed by atoms with Gasteiger partial charge in [0.25, 0.3) is 0 Å². The SMILES string of the molecule is CCn1cc(Cl)c(CNC(=S)Nc2cnn(Cc3ccccc3)c2)n1. The molecule has 8 heteroatoms. The van der Waals surface area contributed by atoms with Gasteiger partial charge in [0.2, 0.25) is 0 Å². The van der Waals surface area contributed by atoms with Crippen molar-refractivity contribution in [2.24, 2.45) is 0 Å². The number of nitrogens with one attached hydrogen (secondary N) is 2. The largest absolute Gasteiger partial charge is 0.357 e. The summed E-state index contributed by atoms with van der Waals surface area (Å²) < 4.78 is 3.66. The molecule has 0 amide bonds. The molecule has 25 heavy (non-hydrogen) atoms. The average Bonchev–Trinajstić information content (AvgIpc) is 3.20. The van der Waals surface area contributed by atoms with E-state index in [-0.39, 0.29) is 0 Å². The number of rotatable bonds is 6. The Hall–Kier alpha value is -2.38. The fourth-order valence-corrected chi connectivity index (χ4v) is 2.75. The number of aryl methyl sites for hydroxylation is 1. The zero-order valence-electron chi connectivity index (χ0n) is 13.8. The van der Waals surface area contributed by atoms with E-state index in [4.69, 9.17) is 23.8 Å². The molecule has 0 radical (unpaired) electrons. The fraction of sp³-hybridized carbons (Fsp3) is 0.235. The van der Waals surface area contributed by atoms with Gasteiger partial charge in [-0.1, -0.05) is 41.9 Å². The normalized spacial score (nSPS) is 10.6. The van der Waals surface area contributed by atoms with Crippen LogP contribution in [-0.4, -0.2) is 24.7 Å². The van der Waals surface area contributed by atoms with E-state index in [2.05, 4.69) is 33.0 Å². The van der Waals surface area contributed by atoms with Crippen molar-refractivity contribution in [2.45, 2.75) is 26.6 Å². The van der Waals surface area contributed by atoms with Crippen LogP contribution in [0.4, 0.5) is 5.69 Å². The highest BCUT2D eigenvalue weighted by Crippen LogP contribution is 2.13.